The van der Waals surface area contributed by atoms with Gasteiger partial charge in [0.15, 0.2) is 23.0 Å². The highest BCUT2D eigenvalue weighted by atomic mass is 19.4. The van der Waals surface area contributed by atoms with Crippen LogP contribution in [-0.4, -0.2) is 37.9 Å². The summed E-state index contributed by atoms with van der Waals surface area (Å²) in [7, 11) is 1.45. The Balaban J connectivity index is 1.84. The minimum Gasteiger partial charge on any atom is -0.503 e. The molecule has 1 fully saturated rings. The molecule has 3 heterocycles. The van der Waals surface area contributed by atoms with Crippen LogP contribution in [0, 0.1) is 28.4 Å². The molecule has 0 atom stereocenters. The van der Waals surface area contributed by atoms with Crippen molar-refractivity contribution in [2.45, 2.75) is 13.1 Å². The summed E-state index contributed by atoms with van der Waals surface area (Å²) in [5.41, 5.74) is -3.16. The molecular formula is C18H13F5N6O. The fourth-order valence-electron chi connectivity index (χ4n) is 3.39. The van der Waals surface area contributed by atoms with Crippen molar-refractivity contribution < 1.29 is 27.1 Å². The van der Waals surface area contributed by atoms with Gasteiger partial charge in [0.2, 0.25) is 5.95 Å². The summed E-state index contributed by atoms with van der Waals surface area (Å²) in [6.07, 6.45) is -3.89. The van der Waals surface area contributed by atoms with Crippen LogP contribution in [0.5, 0.6) is 5.75 Å². The van der Waals surface area contributed by atoms with Gasteiger partial charge in [-0.15, -0.1) is 0 Å². The maximum Gasteiger partial charge on any atom is 0.419 e. The Bertz CT molecular complexity index is 1220. The van der Waals surface area contributed by atoms with Crippen LogP contribution in [0.2, 0.25) is 0 Å². The van der Waals surface area contributed by atoms with Crippen molar-refractivity contribution in [3.63, 3.8) is 0 Å². The van der Waals surface area contributed by atoms with Crippen LogP contribution in [0.25, 0.3) is 22.3 Å². The second-order valence-electron chi connectivity index (χ2n) is 7.35. The van der Waals surface area contributed by atoms with E-state index in [2.05, 4.69) is 21.1 Å². The molecule has 4 rings (SSSR count). The number of hydrogen-bond acceptors (Lipinski definition) is 6. The minimum absolute atomic E-state index is 0.114. The van der Waals surface area contributed by atoms with Crippen LogP contribution in [0.3, 0.4) is 0 Å². The molecule has 7 nitrogen and oxygen atoms in total. The summed E-state index contributed by atoms with van der Waals surface area (Å²) in [4.78, 5) is 10.2. The molecule has 0 spiro atoms. The molecule has 0 aliphatic carbocycles. The van der Waals surface area contributed by atoms with Crippen molar-refractivity contribution in [1.29, 1.82) is 5.26 Å². The standard InChI is InChI=1S/C18H13F5N6O/c1-17(5-24)6-29(7-17)16-25-4-9-13(27-28(2)15(9)26-16)8-3-10(18(21,22)23)12(20)14(30)11(8)19/h3-4,30H,6-7H2,1-2H3. The van der Waals surface area contributed by atoms with Gasteiger partial charge in [-0.25, -0.2) is 18.4 Å². The number of halogens is 5. The number of fused-ring (bicyclic) bond motifs is 1. The van der Waals surface area contributed by atoms with Gasteiger partial charge in [0.25, 0.3) is 0 Å². The van der Waals surface area contributed by atoms with E-state index in [9.17, 15) is 27.1 Å². The number of phenolic OH excluding ortho intramolecular Hbond substituents is 1. The number of nitriles is 1. The third-order valence-corrected chi connectivity index (χ3v) is 4.94. The summed E-state index contributed by atoms with van der Waals surface area (Å²) in [5.74, 6) is -5.13. The number of nitrogens with zero attached hydrogens (tertiary/aromatic N) is 6. The van der Waals surface area contributed by atoms with Gasteiger partial charge in [-0.1, -0.05) is 0 Å². The average molecular weight is 424 g/mol. The Kier molecular flexibility index (Phi) is 4.13. The Hall–Kier alpha value is -3.49. The molecule has 30 heavy (non-hydrogen) atoms. The molecule has 156 valence electrons. The van der Waals surface area contributed by atoms with E-state index in [1.54, 1.807) is 11.8 Å². The molecule has 0 amide bonds. The maximum atomic E-state index is 14.5. The van der Waals surface area contributed by atoms with E-state index in [4.69, 9.17) is 5.26 Å². The van der Waals surface area contributed by atoms with Crippen molar-refractivity contribution in [2.75, 3.05) is 18.0 Å². The number of aryl methyl sites for hydroxylation is 1. The predicted molar refractivity (Wildman–Crippen MR) is 94.3 cm³/mol. The van der Waals surface area contributed by atoms with E-state index < -0.39 is 40.1 Å². The van der Waals surface area contributed by atoms with Crippen molar-refractivity contribution in [2.24, 2.45) is 12.5 Å². The fraction of sp³-hybridized carbons (Fsp3) is 0.333. The molecule has 2 aromatic heterocycles. The van der Waals surface area contributed by atoms with Gasteiger partial charge in [-0.05, 0) is 13.0 Å². The first kappa shape index (κ1) is 19.8. The van der Waals surface area contributed by atoms with Gasteiger partial charge in [-0.3, -0.25) is 0 Å². The number of alkyl halides is 3. The number of aromatic hydroxyl groups is 1. The smallest absolute Gasteiger partial charge is 0.419 e. The summed E-state index contributed by atoms with van der Waals surface area (Å²) in [6.45, 7) is 2.58. The molecule has 1 aliphatic rings. The van der Waals surface area contributed by atoms with Gasteiger partial charge in [0, 0.05) is 31.9 Å². The van der Waals surface area contributed by atoms with Crippen LogP contribution in [0.1, 0.15) is 12.5 Å². The lowest BCUT2D eigenvalue weighted by Crippen LogP contribution is -2.54. The van der Waals surface area contributed by atoms with Crippen molar-refractivity contribution in [3.05, 3.63) is 29.5 Å². The van der Waals surface area contributed by atoms with Crippen molar-refractivity contribution >= 4 is 17.0 Å². The lowest BCUT2D eigenvalue weighted by molar-refractivity contribution is -0.140. The molecule has 12 heteroatoms. The monoisotopic (exact) mass is 424 g/mol. The second-order valence-corrected chi connectivity index (χ2v) is 7.35. The first-order valence-corrected chi connectivity index (χ1v) is 8.59. The van der Waals surface area contributed by atoms with E-state index in [1.807, 2.05) is 0 Å². The average Bonchev–Trinajstić information content (AvgIpc) is 2.98. The highest BCUT2D eigenvalue weighted by Crippen LogP contribution is 2.41. The van der Waals surface area contributed by atoms with E-state index in [-0.39, 0.29) is 28.7 Å². The Morgan fingerprint density at radius 2 is 1.90 bits per heavy atom. The van der Waals surface area contributed by atoms with Gasteiger partial charge < -0.3 is 10.0 Å². The van der Waals surface area contributed by atoms with Gasteiger partial charge in [0.1, 0.15) is 5.69 Å². The summed E-state index contributed by atoms with van der Waals surface area (Å²) < 4.78 is 68.7. The Labute approximate surface area is 166 Å². The Morgan fingerprint density at radius 1 is 1.23 bits per heavy atom. The fourth-order valence-corrected chi connectivity index (χ4v) is 3.39. The van der Waals surface area contributed by atoms with E-state index in [0.29, 0.717) is 13.1 Å². The second kappa shape index (κ2) is 6.25. The molecule has 1 saturated heterocycles. The quantitative estimate of drug-likeness (QED) is 0.635. The van der Waals surface area contributed by atoms with Crippen LogP contribution >= 0.6 is 0 Å². The summed E-state index contributed by atoms with van der Waals surface area (Å²) in [6, 6.07) is 2.44. The SMILES string of the molecule is Cn1nc(-c2cc(C(F)(F)F)c(F)c(O)c2F)c2cnc(N3CC(C)(C#N)C3)nc21. The minimum atomic E-state index is -5.15. The van der Waals surface area contributed by atoms with Crippen LogP contribution < -0.4 is 4.90 Å². The highest BCUT2D eigenvalue weighted by molar-refractivity contribution is 5.91. The highest BCUT2D eigenvalue weighted by Gasteiger charge is 2.41. The molecule has 1 aromatic carbocycles. The molecule has 1 aliphatic heterocycles. The molecule has 1 N–H and O–H groups in total. The van der Waals surface area contributed by atoms with Crippen LogP contribution in [-0.2, 0) is 13.2 Å². The van der Waals surface area contributed by atoms with Gasteiger partial charge >= 0.3 is 6.18 Å². The van der Waals surface area contributed by atoms with Crippen molar-refractivity contribution in [3.8, 4) is 23.1 Å². The van der Waals surface area contributed by atoms with E-state index in [1.165, 1.54) is 17.9 Å². The predicted octanol–water partition coefficient (Wildman–Crippen LogP) is 3.38. The Morgan fingerprint density at radius 3 is 2.50 bits per heavy atom. The maximum absolute atomic E-state index is 14.5. The largest absolute Gasteiger partial charge is 0.503 e. The third-order valence-electron chi connectivity index (χ3n) is 4.94. The number of benzene rings is 1. The van der Waals surface area contributed by atoms with Gasteiger partial charge in [0.05, 0.1) is 22.4 Å². The van der Waals surface area contributed by atoms with Gasteiger partial charge in [-0.2, -0.15) is 28.5 Å². The molecular weight excluding hydrogens is 411 g/mol. The van der Waals surface area contributed by atoms with E-state index in [0.717, 1.165) is 0 Å². The molecule has 0 saturated carbocycles. The zero-order valence-corrected chi connectivity index (χ0v) is 15.6. The zero-order chi connectivity index (χ0) is 22.0. The summed E-state index contributed by atoms with van der Waals surface area (Å²) in [5, 5.41) is 22.8. The number of anilines is 1. The molecule has 3 aromatic rings. The zero-order valence-electron chi connectivity index (χ0n) is 15.6. The normalized spacial score (nSPS) is 15.9. The number of hydrogen-bond donors (Lipinski definition) is 1. The number of phenols is 1. The van der Waals surface area contributed by atoms with E-state index >= 15 is 0 Å². The molecule has 0 unspecified atom stereocenters. The van der Waals surface area contributed by atoms with Crippen molar-refractivity contribution in [1.82, 2.24) is 19.7 Å². The third kappa shape index (κ3) is 2.89. The molecule has 0 radical (unpaired) electrons. The number of rotatable bonds is 2. The first-order chi connectivity index (χ1) is 13.9. The first-order valence-electron chi connectivity index (χ1n) is 8.59. The molecule has 0 bridgehead atoms. The topological polar surface area (TPSA) is 90.9 Å². The van der Waals surface area contributed by atoms with Crippen LogP contribution in [0.15, 0.2) is 12.3 Å². The lowest BCUT2D eigenvalue weighted by atomic mass is 9.84. The number of aromatic nitrogens is 4. The van der Waals surface area contributed by atoms with Crippen LogP contribution in [0.4, 0.5) is 27.9 Å². The summed E-state index contributed by atoms with van der Waals surface area (Å²) >= 11 is 0. The lowest BCUT2D eigenvalue weighted by Gasteiger charge is -2.43.